The van der Waals surface area contributed by atoms with Crippen LogP contribution < -0.4 is 9.47 Å². The van der Waals surface area contributed by atoms with E-state index in [1.165, 1.54) is 13.3 Å². The van der Waals surface area contributed by atoms with Crippen LogP contribution in [0, 0.1) is 0 Å². The fraction of sp³-hybridized carbons (Fsp3) is 0.0667. The van der Waals surface area contributed by atoms with E-state index < -0.39 is 5.97 Å². The van der Waals surface area contributed by atoms with Gasteiger partial charge in [0.25, 0.3) is 0 Å². The van der Waals surface area contributed by atoms with E-state index in [4.69, 9.17) is 26.2 Å². The monoisotopic (exact) mass is 335 g/mol. The number of carboxylic acid groups (broad SMARTS) is 1. The topological polar surface area (TPSA) is 68.7 Å². The summed E-state index contributed by atoms with van der Waals surface area (Å²) in [7, 11) is 1.49. The molecule has 0 saturated heterocycles. The average molecular weight is 336 g/mol. The second-order valence-electron chi connectivity index (χ2n) is 4.35. The minimum Gasteiger partial charge on any atom is -0.480 e. The maximum absolute atomic E-state index is 11.2. The van der Waals surface area contributed by atoms with Crippen LogP contribution in [0.1, 0.15) is 9.67 Å². The zero-order valence-electron chi connectivity index (χ0n) is 11.4. The molecule has 7 heteroatoms. The molecule has 0 amide bonds. The van der Waals surface area contributed by atoms with Crippen LogP contribution in [0.3, 0.4) is 0 Å². The van der Waals surface area contributed by atoms with Crippen molar-refractivity contribution in [3.05, 3.63) is 46.4 Å². The van der Waals surface area contributed by atoms with Crippen molar-refractivity contribution in [2.45, 2.75) is 0 Å². The summed E-state index contributed by atoms with van der Waals surface area (Å²) in [6, 6.07) is 8.42. The highest BCUT2D eigenvalue weighted by Crippen LogP contribution is 2.39. The number of rotatable bonds is 4. The first-order valence-electron chi connectivity index (χ1n) is 6.21. The van der Waals surface area contributed by atoms with Crippen molar-refractivity contribution >= 4 is 39.0 Å². The zero-order chi connectivity index (χ0) is 15.7. The molecule has 2 aromatic heterocycles. The van der Waals surface area contributed by atoms with Gasteiger partial charge in [0.15, 0.2) is 5.75 Å². The first-order chi connectivity index (χ1) is 10.6. The number of aromatic nitrogens is 1. The zero-order valence-corrected chi connectivity index (χ0v) is 12.9. The summed E-state index contributed by atoms with van der Waals surface area (Å²) in [6.45, 7) is 0. The normalized spacial score (nSPS) is 10.6. The Hall–Kier alpha value is -2.31. The van der Waals surface area contributed by atoms with Gasteiger partial charge in [-0.25, -0.2) is 9.78 Å². The molecule has 1 aromatic carbocycles. The van der Waals surface area contributed by atoms with Gasteiger partial charge in [-0.2, -0.15) is 0 Å². The minimum absolute atomic E-state index is 0.197. The second kappa shape index (κ2) is 5.82. The summed E-state index contributed by atoms with van der Waals surface area (Å²) in [5, 5.41) is 10.4. The number of carboxylic acids is 1. The van der Waals surface area contributed by atoms with Crippen LogP contribution in [0.2, 0.25) is 5.02 Å². The first-order valence-corrected chi connectivity index (χ1v) is 7.41. The van der Waals surface area contributed by atoms with E-state index >= 15 is 0 Å². The number of halogens is 1. The molecule has 0 radical (unpaired) electrons. The van der Waals surface area contributed by atoms with E-state index in [-0.39, 0.29) is 4.88 Å². The van der Waals surface area contributed by atoms with Crippen LogP contribution in [-0.2, 0) is 0 Å². The van der Waals surface area contributed by atoms with Gasteiger partial charge in [0.2, 0.25) is 5.88 Å². The van der Waals surface area contributed by atoms with Crippen LogP contribution in [0.15, 0.2) is 36.5 Å². The van der Waals surface area contributed by atoms with Crippen molar-refractivity contribution in [3.8, 4) is 17.4 Å². The van der Waals surface area contributed by atoms with Crippen LogP contribution in [-0.4, -0.2) is 23.2 Å². The number of hydrogen-bond acceptors (Lipinski definition) is 5. The molecule has 1 N–H and O–H groups in total. The molecule has 0 atom stereocenters. The summed E-state index contributed by atoms with van der Waals surface area (Å²) in [5.74, 6) is 0.416. The maximum atomic E-state index is 11.2. The van der Waals surface area contributed by atoms with Crippen LogP contribution in [0.25, 0.3) is 10.1 Å². The Morgan fingerprint density at radius 3 is 2.68 bits per heavy atom. The van der Waals surface area contributed by atoms with E-state index in [1.54, 1.807) is 30.3 Å². The van der Waals surface area contributed by atoms with Gasteiger partial charge >= 0.3 is 5.97 Å². The van der Waals surface area contributed by atoms with Crippen LogP contribution in [0.4, 0.5) is 0 Å². The van der Waals surface area contributed by atoms with Crippen molar-refractivity contribution in [1.82, 2.24) is 4.98 Å². The number of methoxy groups -OCH3 is 1. The van der Waals surface area contributed by atoms with Gasteiger partial charge in [-0.15, -0.1) is 11.3 Å². The third-order valence-corrected chi connectivity index (χ3v) is 4.30. The molecule has 112 valence electrons. The second-order valence-corrected chi connectivity index (χ2v) is 5.83. The predicted molar refractivity (Wildman–Crippen MR) is 84.7 cm³/mol. The molecule has 0 fully saturated rings. The van der Waals surface area contributed by atoms with E-state index in [0.29, 0.717) is 32.5 Å². The first kappa shape index (κ1) is 14.6. The molecule has 0 saturated carbocycles. The quantitative estimate of drug-likeness (QED) is 0.762. The van der Waals surface area contributed by atoms with Crippen molar-refractivity contribution in [3.63, 3.8) is 0 Å². The highest BCUT2D eigenvalue weighted by atomic mass is 35.5. The Balaban J connectivity index is 2.09. The fourth-order valence-corrected chi connectivity index (χ4v) is 3.04. The number of thiophene rings is 1. The fourth-order valence-electron chi connectivity index (χ4n) is 1.94. The van der Waals surface area contributed by atoms with Crippen LogP contribution in [0.5, 0.6) is 17.4 Å². The highest BCUT2D eigenvalue weighted by molar-refractivity contribution is 7.21. The number of benzene rings is 1. The number of hydrogen-bond donors (Lipinski definition) is 1. The lowest BCUT2D eigenvalue weighted by Crippen LogP contribution is -1.90. The molecule has 0 aliphatic carbocycles. The molecular formula is C15H10ClNO4S. The Labute approximate surface area is 134 Å². The summed E-state index contributed by atoms with van der Waals surface area (Å²) in [6.07, 6.45) is 1.51. The Morgan fingerprint density at radius 1 is 1.32 bits per heavy atom. The molecular weight excluding hydrogens is 326 g/mol. The van der Waals surface area contributed by atoms with Gasteiger partial charge in [-0.05, 0) is 30.3 Å². The van der Waals surface area contributed by atoms with Gasteiger partial charge in [0.05, 0.1) is 13.3 Å². The average Bonchev–Trinajstić information content (AvgIpc) is 2.96. The lowest BCUT2D eigenvalue weighted by atomic mass is 10.2. The minimum atomic E-state index is -0.999. The van der Waals surface area contributed by atoms with Gasteiger partial charge < -0.3 is 14.6 Å². The molecule has 0 aliphatic rings. The number of ether oxygens (including phenoxy) is 2. The van der Waals surface area contributed by atoms with Crippen molar-refractivity contribution < 1.29 is 19.4 Å². The third-order valence-electron chi connectivity index (χ3n) is 2.94. The molecule has 0 spiro atoms. The summed E-state index contributed by atoms with van der Waals surface area (Å²) in [4.78, 5) is 15.5. The smallest absolute Gasteiger partial charge is 0.345 e. The molecule has 0 bridgehead atoms. The molecule has 22 heavy (non-hydrogen) atoms. The van der Waals surface area contributed by atoms with Gasteiger partial charge in [0, 0.05) is 10.4 Å². The standard InChI is InChI=1S/C15H10ClNO4S/c1-20-14-13-10(6-12(22-13)15(18)19)11(7-17-14)21-9-4-2-8(16)3-5-9/h2-7H,1H3,(H,18,19). The molecule has 2 heterocycles. The number of aromatic carboxylic acids is 1. The highest BCUT2D eigenvalue weighted by Gasteiger charge is 2.17. The Kier molecular flexibility index (Phi) is 3.87. The summed E-state index contributed by atoms with van der Waals surface area (Å²) >= 11 is 6.94. The van der Waals surface area contributed by atoms with E-state index in [9.17, 15) is 4.79 Å². The summed E-state index contributed by atoms with van der Waals surface area (Å²) < 4.78 is 11.6. The molecule has 3 aromatic rings. The Morgan fingerprint density at radius 2 is 2.05 bits per heavy atom. The van der Waals surface area contributed by atoms with Gasteiger partial charge in [0.1, 0.15) is 15.3 Å². The number of carbonyl (C=O) groups is 1. The molecule has 0 aliphatic heterocycles. The van der Waals surface area contributed by atoms with Crippen molar-refractivity contribution in [1.29, 1.82) is 0 Å². The van der Waals surface area contributed by atoms with E-state index in [1.807, 2.05) is 0 Å². The molecule has 0 unspecified atom stereocenters. The lowest BCUT2D eigenvalue weighted by Gasteiger charge is -2.08. The van der Waals surface area contributed by atoms with Gasteiger partial charge in [-0.1, -0.05) is 11.6 Å². The van der Waals surface area contributed by atoms with Crippen molar-refractivity contribution in [2.24, 2.45) is 0 Å². The number of fused-ring (bicyclic) bond motifs is 1. The van der Waals surface area contributed by atoms with Gasteiger partial charge in [-0.3, -0.25) is 0 Å². The molecule has 3 rings (SSSR count). The largest absolute Gasteiger partial charge is 0.480 e. The number of pyridine rings is 1. The van der Waals surface area contributed by atoms with E-state index in [0.717, 1.165) is 11.3 Å². The van der Waals surface area contributed by atoms with Crippen LogP contribution >= 0.6 is 22.9 Å². The predicted octanol–water partition coefficient (Wildman–Crippen LogP) is 4.45. The van der Waals surface area contributed by atoms with Crippen molar-refractivity contribution in [2.75, 3.05) is 7.11 Å². The SMILES string of the molecule is COc1ncc(Oc2ccc(Cl)cc2)c2cc(C(=O)O)sc12. The van der Waals surface area contributed by atoms with E-state index in [2.05, 4.69) is 4.98 Å². The Bertz CT molecular complexity index is 845. The number of nitrogens with zero attached hydrogens (tertiary/aromatic N) is 1. The maximum Gasteiger partial charge on any atom is 0.345 e. The third kappa shape index (κ3) is 2.70. The molecule has 5 nitrogen and oxygen atoms in total. The summed E-state index contributed by atoms with van der Waals surface area (Å²) in [5.41, 5.74) is 0. The lowest BCUT2D eigenvalue weighted by molar-refractivity contribution is 0.0702.